The molecule has 1 saturated carbocycles. The Bertz CT molecular complexity index is 777. The summed E-state index contributed by atoms with van der Waals surface area (Å²) < 4.78 is 0. The molecule has 4 heteroatoms. The molecule has 3 rings (SSSR count). The van der Waals surface area contributed by atoms with Gasteiger partial charge in [-0.2, -0.15) is 0 Å². The van der Waals surface area contributed by atoms with Gasteiger partial charge in [-0.15, -0.1) is 0 Å². The second-order valence-electron chi connectivity index (χ2n) is 8.80. The highest BCUT2D eigenvalue weighted by Gasteiger charge is 2.24. The van der Waals surface area contributed by atoms with Gasteiger partial charge in [-0.25, -0.2) is 0 Å². The molecular weight excluding hydrogens is 358 g/mol. The predicted molar refractivity (Wildman–Crippen MR) is 123 cm³/mol. The largest absolute Gasteiger partial charge is 0.361 e. The van der Waals surface area contributed by atoms with Gasteiger partial charge in [0.05, 0.1) is 0 Å². The lowest BCUT2D eigenvalue weighted by Crippen LogP contribution is -2.29. The Balaban J connectivity index is 1.64. The number of hydrogen-bond donors (Lipinski definition) is 2. The number of carbonyl (C=O) groups is 1. The second kappa shape index (κ2) is 10.8. The first kappa shape index (κ1) is 21.9. The summed E-state index contributed by atoms with van der Waals surface area (Å²) in [6.45, 7) is 10.1. The van der Waals surface area contributed by atoms with Crippen LogP contribution >= 0.6 is 0 Å². The molecule has 160 valence electrons. The third-order valence-electron chi connectivity index (χ3n) is 6.26. The molecular formula is C25H39N3O. The third-order valence-corrected chi connectivity index (χ3v) is 6.26. The van der Waals surface area contributed by atoms with Crippen molar-refractivity contribution in [3.8, 4) is 0 Å². The molecule has 2 aromatic rings. The zero-order valence-electron chi connectivity index (χ0n) is 18.6. The van der Waals surface area contributed by atoms with Gasteiger partial charge in [0, 0.05) is 41.8 Å². The average molecular weight is 398 g/mol. The fourth-order valence-corrected chi connectivity index (χ4v) is 4.23. The minimum Gasteiger partial charge on any atom is -0.361 e. The van der Waals surface area contributed by atoms with E-state index < -0.39 is 0 Å². The van der Waals surface area contributed by atoms with Gasteiger partial charge in [0.1, 0.15) is 0 Å². The van der Waals surface area contributed by atoms with E-state index in [4.69, 9.17) is 0 Å². The Kier molecular flexibility index (Phi) is 8.17. The number of amides is 1. The Labute approximate surface area is 176 Å². The van der Waals surface area contributed by atoms with Crippen LogP contribution in [-0.4, -0.2) is 35.4 Å². The molecule has 0 aliphatic heterocycles. The van der Waals surface area contributed by atoms with Crippen molar-refractivity contribution in [2.45, 2.75) is 72.1 Å². The molecule has 0 radical (unpaired) electrons. The summed E-state index contributed by atoms with van der Waals surface area (Å²) >= 11 is 0. The molecule has 29 heavy (non-hydrogen) atoms. The summed E-state index contributed by atoms with van der Waals surface area (Å²) in [7, 11) is 0. The fraction of sp³-hybridized carbons (Fsp3) is 0.640. The van der Waals surface area contributed by atoms with Gasteiger partial charge >= 0.3 is 0 Å². The van der Waals surface area contributed by atoms with Crippen LogP contribution in [0.4, 0.5) is 5.69 Å². The maximum atomic E-state index is 12.7. The van der Waals surface area contributed by atoms with E-state index in [1.165, 1.54) is 43.3 Å². The Morgan fingerprint density at radius 3 is 2.72 bits per heavy atom. The van der Waals surface area contributed by atoms with Crippen molar-refractivity contribution in [2.75, 3.05) is 25.0 Å². The van der Waals surface area contributed by atoms with E-state index >= 15 is 0 Å². The maximum absolute atomic E-state index is 12.7. The molecule has 1 aliphatic rings. The number of aromatic amines is 1. The van der Waals surface area contributed by atoms with Crippen molar-refractivity contribution in [1.82, 2.24) is 9.88 Å². The lowest BCUT2D eigenvalue weighted by atomic mass is 9.98. The summed E-state index contributed by atoms with van der Waals surface area (Å²) in [5, 5.41) is 4.41. The number of unbranched alkanes of at least 4 members (excludes halogenated alkanes) is 1. The number of H-pyrrole nitrogens is 1. The van der Waals surface area contributed by atoms with Gasteiger partial charge in [0.2, 0.25) is 5.91 Å². The van der Waals surface area contributed by atoms with Crippen molar-refractivity contribution < 1.29 is 4.79 Å². The number of fused-ring (bicyclic) bond motifs is 1. The van der Waals surface area contributed by atoms with Gasteiger partial charge in [-0.3, -0.25) is 4.79 Å². The number of rotatable bonds is 13. The van der Waals surface area contributed by atoms with E-state index in [9.17, 15) is 4.79 Å². The molecule has 1 fully saturated rings. The summed E-state index contributed by atoms with van der Waals surface area (Å²) in [5.74, 6) is 1.21. The number of anilines is 1. The van der Waals surface area contributed by atoms with Gasteiger partial charge in [0.15, 0.2) is 0 Å². The van der Waals surface area contributed by atoms with Crippen LogP contribution in [0.15, 0.2) is 24.4 Å². The average Bonchev–Trinajstić information content (AvgIpc) is 3.45. The van der Waals surface area contributed by atoms with Gasteiger partial charge in [0.25, 0.3) is 0 Å². The van der Waals surface area contributed by atoms with Crippen LogP contribution in [0, 0.1) is 11.8 Å². The minimum absolute atomic E-state index is 0.112. The highest BCUT2D eigenvalue weighted by atomic mass is 16.1. The standard InChI is InChI=1S/C25H39N3O/c1-4-7-8-20(6-3)25(29)27-22-11-12-24-23(16-22)21(17-26-24)13-15-28(14-5-2)18-19-9-10-19/h11-12,16-17,19-20,26H,4-10,13-15,18H2,1-3H3,(H,27,29)/t20-/m1/s1. The Morgan fingerprint density at radius 2 is 2.03 bits per heavy atom. The van der Waals surface area contributed by atoms with Crippen molar-refractivity contribution in [3.63, 3.8) is 0 Å². The minimum atomic E-state index is 0.112. The van der Waals surface area contributed by atoms with Crippen molar-refractivity contribution in [2.24, 2.45) is 11.8 Å². The van der Waals surface area contributed by atoms with Gasteiger partial charge < -0.3 is 15.2 Å². The van der Waals surface area contributed by atoms with Gasteiger partial charge in [-0.1, -0.05) is 33.6 Å². The molecule has 1 aromatic heterocycles. The number of nitrogens with one attached hydrogen (secondary N) is 2. The van der Waals surface area contributed by atoms with E-state index in [1.807, 2.05) is 6.07 Å². The van der Waals surface area contributed by atoms with E-state index in [0.29, 0.717) is 0 Å². The van der Waals surface area contributed by atoms with Crippen LogP contribution in [0.1, 0.15) is 71.3 Å². The first-order valence-electron chi connectivity index (χ1n) is 11.8. The summed E-state index contributed by atoms with van der Waals surface area (Å²) in [4.78, 5) is 18.7. The molecule has 1 heterocycles. The molecule has 0 saturated heterocycles. The normalized spacial score (nSPS) is 15.2. The quantitative estimate of drug-likeness (QED) is 0.436. The van der Waals surface area contributed by atoms with Crippen molar-refractivity contribution >= 4 is 22.5 Å². The fourth-order valence-electron chi connectivity index (χ4n) is 4.23. The highest BCUT2D eigenvalue weighted by Crippen LogP contribution is 2.30. The van der Waals surface area contributed by atoms with E-state index in [-0.39, 0.29) is 11.8 Å². The van der Waals surface area contributed by atoms with Crippen LogP contribution in [0.3, 0.4) is 0 Å². The number of nitrogens with zero attached hydrogens (tertiary/aromatic N) is 1. The number of benzene rings is 1. The van der Waals surface area contributed by atoms with Crippen LogP contribution in [-0.2, 0) is 11.2 Å². The Hall–Kier alpha value is -1.81. The summed E-state index contributed by atoms with van der Waals surface area (Å²) in [5.41, 5.74) is 3.42. The first-order valence-corrected chi connectivity index (χ1v) is 11.8. The molecule has 0 bridgehead atoms. The van der Waals surface area contributed by atoms with Crippen molar-refractivity contribution in [3.05, 3.63) is 30.0 Å². The monoisotopic (exact) mass is 397 g/mol. The lowest BCUT2D eigenvalue weighted by molar-refractivity contribution is -0.120. The highest BCUT2D eigenvalue weighted by molar-refractivity contribution is 5.95. The molecule has 2 N–H and O–H groups in total. The van der Waals surface area contributed by atoms with E-state index in [0.717, 1.165) is 55.8 Å². The second-order valence-corrected chi connectivity index (χ2v) is 8.80. The number of hydrogen-bond acceptors (Lipinski definition) is 2. The molecule has 1 aliphatic carbocycles. The zero-order valence-corrected chi connectivity index (χ0v) is 18.6. The summed E-state index contributed by atoms with van der Waals surface area (Å²) in [6.07, 6.45) is 11.4. The number of carbonyl (C=O) groups excluding carboxylic acids is 1. The smallest absolute Gasteiger partial charge is 0.227 e. The molecule has 4 nitrogen and oxygen atoms in total. The molecule has 1 amide bonds. The van der Waals surface area contributed by atoms with Crippen LogP contribution in [0.2, 0.25) is 0 Å². The topological polar surface area (TPSA) is 48.1 Å². The Morgan fingerprint density at radius 1 is 1.21 bits per heavy atom. The SMILES string of the molecule is CCCC[C@@H](CC)C(=O)Nc1ccc2[nH]cc(CCN(CCC)CC3CC3)c2c1. The zero-order chi connectivity index (χ0) is 20.6. The van der Waals surface area contributed by atoms with E-state index in [1.54, 1.807) is 0 Å². The van der Waals surface area contributed by atoms with E-state index in [2.05, 4.69) is 54.3 Å². The van der Waals surface area contributed by atoms with Crippen LogP contribution in [0.25, 0.3) is 10.9 Å². The van der Waals surface area contributed by atoms with Gasteiger partial charge in [-0.05, 0) is 74.8 Å². The third kappa shape index (κ3) is 6.33. The predicted octanol–water partition coefficient (Wildman–Crippen LogP) is 5.99. The maximum Gasteiger partial charge on any atom is 0.227 e. The first-order chi connectivity index (χ1) is 14.1. The van der Waals surface area contributed by atoms with Crippen LogP contribution in [0.5, 0.6) is 0 Å². The molecule has 0 unspecified atom stereocenters. The van der Waals surface area contributed by atoms with Crippen molar-refractivity contribution in [1.29, 1.82) is 0 Å². The lowest BCUT2D eigenvalue weighted by Gasteiger charge is -2.21. The van der Waals surface area contributed by atoms with Crippen LogP contribution < -0.4 is 5.32 Å². The number of aromatic nitrogens is 1. The molecule has 1 aromatic carbocycles. The molecule has 0 spiro atoms. The summed E-state index contributed by atoms with van der Waals surface area (Å²) in [6, 6.07) is 6.26. The molecule has 1 atom stereocenters.